The maximum Gasteiger partial charge on any atom is 0.220 e. The molecule has 0 aromatic rings. The fraction of sp³-hybridized carbons (Fsp3) is 0.857. The number of ether oxygens (including phenoxy) is 1. The van der Waals surface area contributed by atoms with Crippen LogP contribution >= 0.6 is 23.5 Å². The molecule has 0 N–H and O–H groups in total. The zero-order valence-electron chi connectivity index (χ0n) is 11.9. The van der Waals surface area contributed by atoms with Crippen molar-refractivity contribution in [3.8, 4) is 0 Å². The third-order valence-corrected chi connectivity index (χ3v) is 4.96. The van der Waals surface area contributed by atoms with E-state index in [0.29, 0.717) is 0 Å². The van der Waals surface area contributed by atoms with E-state index in [1.165, 1.54) is 23.5 Å². The summed E-state index contributed by atoms with van der Waals surface area (Å²) in [6.07, 6.45) is 5.82. The Morgan fingerprint density at radius 1 is 0.842 bits per heavy atom. The Morgan fingerprint density at radius 3 is 1.63 bits per heavy atom. The third kappa shape index (κ3) is 6.82. The van der Waals surface area contributed by atoms with Gasteiger partial charge in [-0.3, -0.25) is 9.59 Å². The first-order chi connectivity index (χ1) is 9.20. The van der Waals surface area contributed by atoms with E-state index in [2.05, 4.69) is 13.8 Å². The summed E-state index contributed by atoms with van der Waals surface area (Å²) >= 11 is 2.63. The molecule has 0 aromatic heterocycles. The van der Waals surface area contributed by atoms with E-state index in [1.54, 1.807) is 0 Å². The lowest BCUT2D eigenvalue weighted by Crippen LogP contribution is -2.12. The zero-order valence-corrected chi connectivity index (χ0v) is 13.5. The highest BCUT2D eigenvalue weighted by Crippen LogP contribution is 2.32. The summed E-state index contributed by atoms with van der Waals surface area (Å²) in [4.78, 5) is 23.5. The molecule has 2 atom stereocenters. The number of hydrogen-bond acceptors (Lipinski definition) is 5. The van der Waals surface area contributed by atoms with E-state index < -0.39 is 12.2 Å². The molecule has 1 aliphatic rings. The standard InChI is InChI=1S/C14H24O3S2/c1-3-5-7-9-18-13(15)11-12(17-11)14(16)19-10-8-6-4-2/h11-12H,3-10H2,1-2H3. The molecular weight excluding hydrogens is 280 g/mol. The van der Waals surface area contributed by atoms with Crippen LogP contribution in [0.5, 0.6) is 0 Å². The van der Waals surface area contributed by atoms with Gasteiger partial charge in [0.05, 0.1) is 0 Å². The van der Waals surface area contributed by atoms with Gasteiger partial charge in [-0.05, 0) is 12.8 Å². The summed E-state index contributed by atoms with van der Waals surface area (Å²) in [7, 11) is 0. The van der Waals surface area contributed by atoms with Crippen LogP contribution in [0, 0.1) is 0 Å². The molecule has 0 aromatic carbocycles. The summed E-state index contributed by atoms with van der Waals surface area (Å²) in [5, 5.41) is 0.0622. The minimum atomic E-state index is -0.460. The number of carbonyl (C=O) groups is 2. The molecule has 1 saturated heterocycles. The Labute approximate surface area is 124 Å². The summed E-state index contributed by atoms with van der Waals surface area (Å²) in [5.41, 5.74) is 0. The number of epoxide rings is 1. The van der Waals surface area contributed by atoms with Crippen LogP contribution < -0.4 is 0 Å². The molecule has 1 fully saturated rings. The van der Waals surface area contributed by atoms with Gasteiger partial charge in [-0.1, -0.05) is 63.1 Å². The molecule has 1 heterocycles. The van der Waals surface area contributed by atoms with Gasteiger partial charge in [0.2, 0.25) is 10.2 Å². The fourth-order valence-electron chi connectivity index (χ4n) is 1.68. The van der Waals surface area contributed by atoms with Crippen LogP contribution in [0.25, 0.3) is 0 Å². The minimum absolute atomic E-state index is 0.0311. The van der Waals surface area contributed by atoms with Gasteiger partial charge in [-0.2, -0.15) is 0 Å². The van der Waals surface area contributed by atoms with E-state index in [0.717, 1.165) is 50.0 Å². The van der Waals surface area contributed by atoms with Crippen molar-refractivity contribution >= 4 is 33.8 Å². The third-order valence-electron chi connectivity index (χ3n) is 2.94. The zero-order chi connectivity index (χ0) is 14.1. The first kappa shape index (κ1) is 17.1. The summed E-state index contributed by atoms with van der Waals surface area (Å²) in [6.45, 7) is 4.28. The molecular formula is C14H24O3S2. The lowest BCUT2D eigenvalue weighted by molar-refractivity contribution is -0.113. The maximum atomic E-state index is 11.7. The second-order valence-corrected chi connectivity index (χ2v) is 6.93. The van der Waals surface area contributed by atoms with Crippen molar-refractivity contribution in [2.24, 2.45) is 0 Å². The molecule has 19 heavy (non-hydrogen) atoms. The maximum absolute atomic E-state index is 11.7. The summed E-state index contributed by atoms with van der Waals surface area (Å²) in [6, 6.07) is 0. The highest BCUT2D eigenvalue weighted by atomic mass is 32.2. The topological polar surface area (TPSA) is 46.7 Å². The molecule has 0 bridgehead atoms. The number of thioether (sulfide) groups is 2. The molecule has 110 valence electrons. The van der Waals surface area contributed by atoms with Gasteiger partial charge in [0.25, 0.3) is 0 Å². The van der Waals surface area contributed by atoms with E-state index in [1.807, 2.05) is 0 Å². The van der Waals surface area contributed by atoms with E-state index in [4.69, 9.17) is 4.74 Å². The molecule has 0 amide bonds. The van der Waals surface area contributed by atoms with Crippen molar-refractivity contribution in [3.05, 3.63) is 0 Å². The van der Waals surface area contributed by atoms with Crippen molar-refractivity contribution < 1.29 is 14.3 Å². The quantitative estimate of drug-likeness (QED) is 0.455. The number of unbranched alkanes of at least 4 members (excludes halogenated alkanes) is 4. The van der Waals surface area contributed by atoms with Crippen molar-refractivity contribution in [1.82, 2.24) is 0 Å². The molecule has 2 unspecified atom stereocenters. The van der Waals surface area contributed by atoms with Gasteiger partial charge in [0, 0.05) is 11.5 Å². The second-order valence-electron chi connectivity index (χ2n) is 4.73. The van der Waals surface area contributed by atoms with Crippen LogP contribution in [-0.2, 0) is 14.3 Å². The highest BCUT2D eigenvalue weighted by molar-refractivity contribution is 8.14. The predicted molar refractivity (Wildman–Crippen MR) is 82.6 cm³/mol. The van der Waals surface area contributed by atoms with E-state index in [9.17, 15) is 9.59 Å². The van der Waals surface area contributed by atoms with Crippen LogP contribution in [0.4, 0.5) is 0 Å². The number of rotatable bonds is 10. The van der Waals surface area contributed by atoms with Gasteiger partial charge in [0.15, 0.2) is 12.2 Å². The first-order valence-electron chi connectivity index (χ1n) is 7.19. The Kier molecular flexibility index (Phi) is 8.83. The average Bonchev–Trinajstić information content (AvgIpc) is 3.20. The second kappa shape index (κ2) is 9.83. The Bertz CT molecular complexity index is 266. The predicted octanol–water partition coefficient (Wildman–Crippen LogP) is 3.65. The van der Waals surface area contributed by atoms with Gasteiger partial charge >= 0.3 is 0 Å². The van der Waals surface area contributed by atoms with Crippen LogP contribution in [0.3, 0.4) is 0 Å². The van der Waals surface area contributed by atoms with Crippen molar-refractivity contribution in [2.75, 3.05) is 11.5 Å². The van der Waals surface area contributed by atoms with Crippen LogP contribution in [0.2, 0.25) is 0 Å². The molecule has 0 aliphatic carbocycles. The monoisotopic (exact) mass is 304 g/mol. The van der Waals surface area contributed by atoms with Crippen molar-refractivity contribution in [1.29, 1.82) is 0 Å². The molecule has 0 radical (unpaired) electrons. The normalized spacial score (nSPS) is 21.4. The number of carbonyl (C=O) groups excluding carboxylic acids is 2. The van der Waals surface area contributed by atoms with Crippen LogP contribution in [0.15, 0.2) is 0 Å². The average molecular weight is 304 g/mol. The van der Waals surface area contributed by atoms with Gasteiger partial charge < -0.3 is 4.74 Å². The largest absolute Gasteiger partial charge is 0.351 e. The number of hydrogen-bond donors (Lipinski definition) is 0. The van der Waals surface area contributed by atoms with Crippen molar-refractivity contribution in [3.63, 3.8) is 0 Å². The van der Waals surface area contributed by atoms with Crippen LogP contribution in [0.1, 0.15) is 52.4 Å². The summed E-state index contributed by atoms with van der Waals surface area (Å²) in [5.74, 6) is 1.69. The molecule has 5 heteroatoms. The molecule has 3 nitrogen and oxygen atoms in total. The smallest absolute Gasteiger partial charge is 0.220 e. The van der Waals surface area contributed by atoms with E-state index >= 15 is 0 Å². The molecule has 1 aliphatic heterocycles. The van der Waals surface area contributed by atoms with E-state index in [-0.39, 0.29) is 10.2 Å². The SMILES string of the molecule is CCCCCSC(=O)C1OC1C(=O)SCCCCC. The first-order valence-corrected chi connectivity index (χ1v) is 9.16. The lowest BCUT2D eigenvalue weighted by atomic mass is 10.3. The summed E-state index contributed by atoms with van der Waals surface area (Å²) < 4.78 is 5.21. The van der Waals surface area contributed by atoms with Crippen LogP contribution in [-0.4, -0.2) is 33.9 Å². The fourth-order valence-corrected chi connectivity index (χ4v) is 3.47. The highest BCUT2D eigenvalue weighted by Gasteiger charge is 2.49. The Hall–Kier alpha value is -0.000000000000000111. The van der Waals surface area contributed by atoms with Gasteiger partial charge in [0.1, 0.15) is 0 Å². The molecule has 0 saturated carbocycles. The van der Waals surface area contributed by atoms with Gasteiger partial charge in [-0.15, -0.1) is 0 Å². The minimum Gasteiger partial charge on any atom is -0.351 e. The Morgan fingerprint density at radius 2 is 1.26 bits per heavy atom. The van der Waals surface area contributed by atoms with Crippen molar-refractivity contribution in [2.45, 2.75) is 64.6 Å². The molecule has 0 spiro atoms. The lowest BCUT2D eigenvalue weighted by Gasteiger charge is -1.98. The molecule has 1 rings (SSSR count). The Balaban J connectivity index is 2.08. The van der Waals surface area contributed by atoms with Gasteiger partial charge in [-0.25, -0.2) is 0 Å².